The first-order chi connectivity index (χ1) is 44.2. The molecular formula is C72H140O17P2. The van der Waals surface area contributed by atoms with Gasteiger partial charge in [-0.3, -0.25) is 37.3 Å². The summed E-state index contributed by atoms with van der Waals surface area (Å²) in [5, 5.41) is 10.6. The maximum Gasteiger partial charge on any atom is 0.472 e. The summed E-state index contributed by atoms with van der Waals surface area (Å²) in [6.45, 7) is 4.95. The van der Waals surface area contributed by atoms with Gasteiger partial charge in [-0.25, -0.2) is 9.13 Å². The fourth-order valence-corrected chi connectivity index (χ4v) is 12.6. The maximum atomic E-state index is 13.0. The van der Waals surface area contributed by atoms with Crippen molar-refractivity contribution >= 4 is 39.5 Å². The fourth-order valence-electron chi connectivity index (χ4n) is 11.0. The van der Waals surface area contributed by atoms with Crippen molar-refractivity contribution in [3.63, 3.8) is 0 Å². The van der Waals surface area contributed by atoms with E-state index < -0.39 is 97.5 Å². The van der Waals surface area contributed by atoms with Crippen LogP contribution in [0.15, 0.2) is 0 Å². The van der Waals surface area contributed by atoms with Gasteiger partial charge in [-0.2, -0.15) is 0 Å². The number of aliphatic hydroxyl groups excluding tert-OH is 1. The van der Waals surface area contributed by atoms with E-state index in [1.165, 1.54) is 212 Å². The summed E-state index contributed by atoms with van der Waals surface area (Å²) in [5.74, 6) is -2.12. The quantitative estimate of drug-likeness (QED) is 0.0222. The number of carbonyl (C=O) groups is 4. The first-order valence-corrected chi connectivity index (χ1v) is 40.8. The molecule has 5 atom stereocenters. The lowest BCUT2D eigenvalue weighted by atomic mass is 10.0. The maximum absolute atomic E-state index is 13.0. The van der Waals surface area contributed by atoms with Crippen LogP contribution in [0.25, 0.3) is 0 Å². The molecule has 19 heteroatoms. The summed E-state index contributed by atoms with van der Waals surface area (Å²) in [7, 11) is -9.90. The van der Waals surface area contributed by atoms with Crippen LogP contribution in [0.4, 0.5) is 0 Å². The normalized spacial score (nSPS) is 14.0. The molecule has 0 aromatic rings. The third kappa shape index (κ3) is 66.5. The van der Waals surface area contributed by atoms with E-state index in [2.05, 4.69) is 27.7 Å². The highest BCUT2D eigenvalue weighted by Gasteiger charge is 2.30. The molecule has 0 fully saturated rings. The Morgan fingerprint density at radius 3 is 0.648 bits per heavy atom. The van der Waals surface area contributed by atoms with Crippen LogP contribution in [0, 0.1) is 0 Å². The Morgan fingerprint density at radius 2 is 0.440 bits per heavy atom. The highest BCUT2D eigenvalue weighted by molar-refractivity contribution is 7.47. The second kappa shape index (κ2) is 66.7. The van der Waals surface area contributed by atoms with Crippen molar-refractivity contribution in [3.8, 4) is 0 Å². The topological polar surface area (TPSA) is 237 Å². The Hall–Kier alpha value is -1.94. The van der Waals surface area contributed by atoms with Gasteiger partial charge in [0.15, 0.2) is 12.2 Å². The molecule has 0 heterocycles. The molecule has 17 nitrogen and oxygen atoms in total. The molecule has 3 N–H and O–H groups in total. The van der Waals surface area contributed by atoms with Crippen molar-refractivity contribution in [3.05, 3.63) is 0 Å². The van der Waals surface area contributed by atoms with Gasteiger partial charge >= 0.3 is 39.5 Å². The lowest BCUT2D eigenvalue weighted by Gasteiger charge is -2.21. The molecule has 0 spiro atoms. The van der Waals surface area contributed by atoms with Gasteiger partial charge in [-0.1, -0.05) is 329 Å². The van der Waals surface area contributed by atoms with Crippen LogP contribution in [-0.4, -0.2) is 96.7 Å². The standard InChI is InChI=1S/C72H140O17P2/c1-5-9-13-17-21-25-28-31-33-35-38-41-45-49-53-57-70(75)83-63-68(89-72(77)59-55-51-47-43-39-36-34-32-29-26-22-18-14-10-6-2)65-87-91(80,81)85-61-66(73)60-84-90(78,79)86-64-67(62-82-69(74)56-52-48-44-40-24-20-16-12-8-4)88-71(76)58-54-50-46-42-37-30-27-23-19-15-11-7-3/h66-68,73H,5-65H2,1-4H3,(H,78,79)(H,80,81)/t66-,67+,68+/m0/s1. The van der Waals surface area contributed by atoms with Gasteiger partial charge < -0.3 is 33.8 Å². The van der Waals surface area contributed by atoms with E-state index in [0.717, 1.165) is 89.9 Å². The van der Waals surface area contributed by atoms with Crippen molar-refractivity contribution < 1.29 is 80.2 Å². The van der Waals surface area contributed by atoms with Gasteiger partial charge in [-0.05, 0) is 25.7 Å². The van der Waals surface area contributed by atoms with Crippen LogP contribution in [0.5, 0.6) is 0 Å². The molecule has 0 aliphatic carbocycles. The Balaban J connectivity index is 5.23. The third-order valence-electron chi connectivity index (χ3n) is 16.9. The first-order valence-electron chi connectivity index (χ1n) is 37.8. The van der Waals surface area contributed by atoms with E-state index in [1.54, 1.807) is 0 Å². The Labute approximate surface area is 556 Å². The van der Waals surface area contributed by atoms with Gasteiger partial charge in [0.25, 0.3) is 0 Å². The zero-order valence-corrected chi connectivity index (χ0v) is 60.6. The Bertz CT molecular complexity index is 1740. The Kier molecular flexibility index (Phi) is 65.2. The van der Waals surface area contributed by atoms with Crippen molar-refractivity contribution in [2.75, 3.05) is 39.6 Å². The summed E-state index contributed by atoms with van der Waals surface area (Å²) in [4.78, 5) is 72.6. The second-order valence-electron chi connectivity index (χ2n) is 26.0. The lowest BCUT2D eigenvalue weighted by molar-refractivity contribution is -0.161. The summed E-state index contributed by atoms with van der Waals surface area (Å²) in [6.07, 6.45) is 55.3. The number of esters is 4. The number of rotatable bonds is 73. The largest absolute Gasteiger partial charge is 0.472 e. The molecule has 0 aromatic carbocycles. The summed E-state index contributed by atoms with van der Waals surface area (Å²) in [6, 6.07) is 0. The van der Waals surface area contributed by atoms with Crippen LogP contribution in [0.1, 0.15) is 381 Å². The monoisotopic (exact) mass is 1340 g/mol. The number of hydrogen-bond donors (Lipinski definition) is 3. The van der Waals surface area contributed by atoms with Crippen molar-refractivity contribution in [1.82, 2.24) is 0 Å². The number of hydrogen-bond acceptors (Lipinski definition) is 15. The lowest BCUT2D eigenvalue weighted by Crippen LogP contribution is -2.30. The molecule has 0 aromatic heterocycles. The van der Waals surface area contributed by atoms with Gasteiger partial charge in [0.1, 0.15) is 19.3 Å². The van der Waals surface area contributed by atoms with Crippen molar-refractivity contribution in [2.24, 2.45) is 0 Å². The highest BCUT2D eigenvalue weighted by Crippen LogP contribution is 2.45. The molecule has 0 saturated heterocycles. The zero-order chi connectivity index (χ0) is 66.8. The molecule has 0 radical (unpaired) electrons. The molecule has 0 amide bonds. The molecule has 0 aliphatic rings. The zero-order valence-electron chi connectivity index (χ0n) is 58.8. The van der Waals surface area contributed by atoms with Crippen molar-refractivity contribution in [1.29, 1.82) is 0 Å². The summed E-state index contributed by atoms with van der Waals surface area (Å²) < 4.78 is 68.3. The van der Waals surface area contributed by atoms with Gasteiger partial charge in [0, 0.05) is 25.7 Å². The molecule has 0 bridgehead atoms. The van der Waals surface area contributed by atoms with Crippen molar-refractivity contribution in [2.45, 2.75) is 399 Å². The minimum atomic E-state index is -4.95. The molecule has 0 saturated carbocycles. The van der Waals surface area contributed by atoms with Gasteiger partial charge in [0.2, 0.25) is 0 Å². The van der Waals surface area contributed by atoms with E-state index in [0.29, 0.717) is 25.7 Å². The molecule has 91 heavy (non-hydrogen) atoms. The smallest absolute Gasteiger partial charge is 0.462 e. The highest BCUT2D eigenvalue weighted by atomic mass is 31.2. The number of ether oxygens (including phenoxy) is 4. The minimum absolute atomic E-state index is 0.108. The minimum Gasteiger partial charge on any atom is -0.462 e. The van der Waals surface area contributed by atoms with Crippen LogP contribution in [0.3, 0.4) is 0 Å². The van der Waals surface area contributed by atoms with Crippen LogP contribution >= 0.6 is 15.6 Å². The number of unbranched alkanes of at least 4 members (excludes halogenated alkanes) is 47. The fraction of sp³-hybridized carbons (Fsp3) is 0.944. The van der Waals surface area contributed by atoms with E-state index in [1.807, 2.05) is 0 Å². The molecule has 540 valence electrons. The van der Waals surface area contributed by atoms with Gasteiger partial charge in [0.05, 0.1) is 26.4 Å². The van der Waals surface area contributed by atoms with Crippen LogP contribution < -0.4 is 0 Å². The second-order valence-corrected chi connectivity index (χ2v) is 28.9. The predicted molar refractivity (Wildman–Crippen MR) is 368 cm³/mol. The average molecular weight is 1340 g/mol. The average Bonchev–Trinajstić information content (AvgIpc) is 3.17. The molecule has 0 aliphatic heterocycles. The third-order valence-corrected chi connectivity index (χ3v) is 18.8. The number of aliphatic hydroxyl groups is 1. The van der Waals surface area contributed by atoms with Crippen LogP contribution in [0.2, 0.25) is 0 Å². The van der Waals surface area contributed by atoms with E-state index in [-0.39, 0.29) is 25.7 Å². The number of phosphoric acid groups is 2. The number of carbonyl (C=O) groups excluding carboxylic acids is 4. The molecular weight excluding hydrogens is 1200 g/mol. The van der Waals surface area contributed by atoms with Crippen LogP contribution in [-0.2, 0) is 65.4 Å². The Morgan fingerprint density at radius 1 is 0.264 bits per heavy atom. The number of phosphoric ester groups is 2. The van der Waals surface area contributed by atoms with E-state index >= 15 is 0 Å². The molecule has 0 rings (SSSR count). The van der Waals surface area contributed by atoms with E-state index in [9.17, 15) is 43.2 Å². The predicted octanol–water partition coefficient (Wildman–Crippen LogP) is 21.1. The van der Waals surface area contributed by atoms with Gasteiger partial charge in [-0.15, -0.1) is 0 Å². The first kappa shape index (κ1) is 89.1. The molecule has 2 unspecified atom stereocenters. The van der Waals surface area contributed by atoms with E-state index in [4.69, 9.17) is 37.0 Å². The summed E-state index contributed by atoms with van der Waals surface area (Å²) >= 11 is 0. The summed E-state index contributed by atoms with van der Waals surface area (Å²) in [5.41, 5.74) is 0. The SMILES string of the molecule is CCCCCCCCCCCCCCCCCC(=O)OC[C@H](COP(=O)(O)OC[C@@H](O)COP(=O)(O)OC[C@@H](COC(=O)CCCCCCCCCCC)OC(=O)CCCCCCCCCCCCCC)OC(=O)CCCCCCCCCCCCCCCCC.